The van der Waals surface area contributed by atoms with Gasteiger partial charge in [0, 0.05) is 56.7 Å². The number of piperidine rings is 2. The average Bonchev–Trinajstić information content (AvgIpc) is 3.36. The maximum Gasteiger partial charge on any atom is 0.410 e. The minimum atomic E-state index is -4.14. The number of hydrogen-bond donors (Lipinski definition) is 1. The topological polar surface area (TPSA) is 169 Å². The second kappa shape index (κ2) is 21.9. The van der Waals surface area contributed by atoms with E-state index in [1.54, 1.807) is 27.4 Å². The summed E-state index contributed by atoms with van der Waals surface area (Å²) >= 11 is 0. The molecule has 5 aromatic rings. The summed E-state index contributed by atoms with van der Waals surface area (Å²) < 4.78 is 85.1. The van der Waals surface area contributed by atoms with Crippen molar-refractivity contribution in [2.75, 3.05) is 39.8 Å². The van der Waals surface area contributed by atoms with Crippen LogP contribution in [0.3, 0.4) is 0 Å². The molecule has 0 aromatic heterocycles. The van der Waals surface area contributed by atoms with Gasteiger partial charge in [-0.05, 0) is 105 Å². The lowest BCUT2D eigenvalue weighted by Gasteiger charge is -2.54. The molecule has 0 saturated carbocycles. The Balaban J connectivity index is 1.02. The normalized spacial score (nSPS) is 19.9. The Morgan fingerprint density at radius 3 is 2.04 bits per heavy atom. The quantitative estimate of drug-likeness (QED) is 0.0882. The summed E-state index contributed by atoms with van der Waals surface area (Å²) in [7, 11) is -6.36. The minimum Gasteiger partial charge on any atom is -0.482 e. The van der Waals surface area contributed by atoms with Gasteiger partial charge in [0.05, 0.1) is 22.4 Å². The van der Waals surface area contributed by atoms with Crippen molar-refractivity contribution in [1.82, 2.24) is 13.5 Å². The van der Waals surface area contributed by atoms with Gasteiger partial charge in [-0.3, -0.25) is 0 Å². The SMILES string of the molecule is C=C(C)[C@@H]1CC2(CCN(S(=O)(=O)C3CCN(C(=O)OCc4ccccc4)CC3)CC2)[C@@H](Cc2ccccc2)O[C@H]1c1cc(S(=O)(=O)N(C)Cc2cccc(Oc3ccccc3)c2)ccc1OCC(=O)O. The molecule has 1 N–H and O–H groups in total. The molecule has 8 rings (SSSR count). The van der Waals surface area contributed by atoms with Gasteiger partial charge in [0.15, 0.2) is 6.61 Å². The summed E-state index contributed by atoms with van der Waals surface area (Å²) in [5.41, 5.74) is 3.25. The number of carboxylic acids is 1. The van der Waals surface area contributed by atoms with E-state index < -0.39 is 61.6 Å². The van der Waals surface area contributed by atoms with Crippen molar-refractivity contribution in [3.05, 3.63) is 168 Å². The number of carbonyl (C=O) groups is 2. The highest BCUT2D eigenvalue weighted by atomic mass is 32.2. The number of carbonyl (C=O) groups excluding carboxylic acids is 1. The Labute approximate surface area is 411 Å². The summed E-state index contributed by atoms with van der Waals surface area (Å²) in [5.74, 6) is -0.191. The van der Waals surface area contributed by atoms with Crippen LogP contribution >= 0.6 is 0 Å². The summed E-state index contributed by atoms with van der Waals surface area (Å²) in [6, 6.07) is 40.3. The van der Waals surface area contributed by atoms with Gasteiger partial charge in [-0.25, -0.2) is 30.7 Å². The van der Waals surface area contributed by atoms with E-state index in [1.807, 2.05) is 104 Å². The summed E-state index contributed by atoms with van der Waals surface area (Å²) in [5, 5.41) is 9.05. The molecule has 3 heterocycles. The van der Waals surface area contributed by atoms with E-state index in [2.05, 4.69) is 6.58 Å². The Morgan fingerprint density at radius 2 is 1.40 bits per heavy atom. The number of nitrogens with zero attached hydrogens (tertiary/aromatic N) is 3. The maximum atomic E-state index is 14.5. The first-order valence-corrected chi connectivity index (χ1v) is 26.6. The Hall–Kier alpha value is -6.04. The molecule has 3 atom stereocenters. The molecular weight excluding hydrogens is 931 g/mol. The van der Waals surface area contributed by atoms with Gasteiger partial charge in [-0.15, -0.1) is 0 Å². The van der Waals surface area contributed by atoms with Crippen LogP contribution in [0.2, 0.25) is 0 Å². The van der Waals surface area contributed by atoms with Crippen LogP contribution in [0.25, 0.3) is 0 Å². The van der Waals surface area contributed by atoms with Crippen LogP contribution in [0.5, 0.6) is 17.2 Å². The van der Waals surface area contributed by atoms with Gasteiger partial charge in [0.25, 0.3) is 0 Å². The van der Waals surface area contributed by atoms with E-state index in [4.69, 9.17) is 18.9 Å². The van der Waals surface area contributed by atoms with Gasteiger partial charge < -0.3 is 29.0 Å². The lowest BCUT2D eigenvalue weighted by atomic mass is 9.63. The summed E-state index contributed by atoms with van der Waals surface area (Å²) in [6.07, 6.45) is 0.956. The molecule has 0 aliphatic carbocycles. The number of rotatable bonds is 17. The van der Waals surface area contributed by atoms with Crippen LogP contribution in [0.4, 0.5) is 4.79 Å². The number of benzene rings is 5. The Kier molecular flexibility index (Phi) is 15.8. The molecule has 1 spiro atoms. The predicted molar refractivity (Wildman–Crippen MR) is 265 cm³/mol. The Bertz CT molecular complexity index is 2830. The summed E-state index contributed by atoms with van der Waals surface area (Å²) in [4.78, 5) is 26.3. The molecule has 1 amide bonds. The monoisotopic (exact) mass is 991 g/mol. The van der Waals surface area contributed by atoms with E-state index in [-0.39, 0.29) is 55.9 Å². The van der Waals surface area contributed by atoms with E-state index in [9.17, 15) is 31.5 Å². The fourth-order valence-corrected chi connectivity index (χ4v) is 13.1. The van der Waals surface area contributed by atoms with E-state index in [1.165, 1.54) is 29.6 Å². The number of hydrogen-bond acceptors (Lipinski definition) is 10. The molecule has 3 aliphatic heterocycles. The van der Waals surface area contributed by atoms with Crippen LogP contribution in [0, 0.1) is 11.3 Å². The molecule has 0 unspecified atom stereocenters. The number of ether oxygens (including phenoxy) is 4. The molecule has 3 saturated heterocycles. The third kappa shape index (κ3) is 11.8. The molecule has 14 nitrogen and oxygen atoms in total. The van der Waals surface area contributed by atoms with Gasteiger partial charge in [-0.1, -0.05) is 103 Å². The van der Waals surface area contributed by atoms with Crippen molar-refractivity contribution in [2.24, 2.45) is 11.3 Å². The van der Waals surface area contributed by atoms with Crippen LogP contribution in [0.15, 0.2) is 151 Å². The fraction of sp³-hybridized carbons (Fsp3) is 0.370. The molecule has 16 heteroatoms. The van der Waals surface area contributed by atoms with E-state index in [0.29, 0.717) is 61.2 Å². The van der Waals surface area contributed by atoms with Crippen LogP contribution in [-0.2, 0) is 53.9 Å². The average molecular weight is 992 g/mol. The highest BCUT2D eigenvalue weighted by molar-refractivity contribution is 7.89. The van der Waals surface area contributed by atoms with Gasteiger partial charge in [-0.2, -0.15) is 4.31 Å². The molecule has 0 radical (unpaired) electrons. The number of para-hydroxylation sites is 1. The minimum absolute atomic E-state index is 0.0262. The number of amides is 1. The zero-order valence-corrected chi connectivity index (χ0v) is 41.2. The first-order valence-electron chi connectivity index (χ1n) is 23.7. The molecule has 0 bridgehead atoms. The highest BCUT2D eigenvalue weighted by Crippen LogP contribution is 2.55. The van der Waals surface area contributed by atoms with Gasteiger partial charge in [0.1, 0.15) is 23.9 Å². The molecule has 5 aromatic carbocycles. The van der Waals surface area contributed by atoms with Crippen molar-refractivity contribution in [1.29, 1.82) is 0 Å². The first kappa shape index (κ1) is 50.4. The highest BCUT2D eigenvalue weighted by Gasteiger charge is 2.52. The summed E-state index contributed by atoms with van der Waals surface area (Å²) in [6.45, 7) is 6.91. The molecule has 70 heavy (non-hydrogen) atoms. The lowest BCUT2D eigenvalue weighted by Crippen LogP contribution is -2.55. The second-order valence-corrected chi connectivity index (χ2v) is 22.9. The molecule has 370 valence electrons. The van der Waals surface area contributed by atoms with Crippen molar-refractivity contribution in [3.8, 4) is 17.2 Å². The lowest BCUT2D eigenvalue weighted by molar-refractivity contribution is -0.166. The van der Waals surface area contributed by atoms with Crippen LogP contribution in [0.1, 0.15) is 67.4 Å². The molecule has 3 fully saturated rings. The van der Waals surface area contributed by atoms with Crippen molar-refractivity contribution >= 4 is 32.1 Å². The zero-order valence-electron chi connectivity index (χ0n) is 39.6. The number of sulfonamides is 2. The molecule has 3 aliphatic rings. The largest absolute Gasteiger partial charge is 0.482 e. The molecular formula is C54H61N3O11S2. The van der Waals surface area contributed by atoms with Crippen molar-refractivity contribution in [2.45, 2.75) is 81.0 Å². The van der Waals surface area contributed by atoms with Gasteiger partial charge >= 0.3 is 12.1 Å². The number of likely N-dealkylation sites (tertiary alicyclic amines) is 1. The van der Waals surface area contributed by atoms with Gasteiger partial charge in [0.2, 0.25) is 20.0 Å². The van der Waals surface area contributed by atoms with Crippen LogP contribution < -0.4 is 9.47 Å². The fourth-order valence-electron chi connectivity index (χ4n) is 10.0. The zero-order chi connectivity index (χ0) is 49.5. The third-order valence-corrected chi connectivity index (χ3v) is 18.1. The third-order valence-electron chi connectivity index (χ3n) is 13.9. The second-order valence-electron chi connectivity index (χ2n) is 18.6. The van der Waals surface area contributed by atoms with Crippen molar-refractivity contribution < 1.29 is 50.5 Å². The van der Waals surface area contributed by atoms with Crippen LogP contribution in [-0.4, -0.2) is 98.7 Å². The number of carboxylic acid groups (broad SMARTS) is 1. The smallest absolute Gasteiger partial charge is 0.410 e. The maximum absolute atomic E-state index is 14.5. The predicted octanol–water partition coefficient (Wildman–Crippen LogP) is 9.24. The van der Waals surface area contributed by atoms with Crippen molar-refractivity contribution in [3.63, 3.8) is 0 Å². The number of aliphatic carboxylic acids is 1. The van der Waals surface area contributed by atoms with E-state index >= 15 is 0 Å². The Morgan fingerprint density at radius 1 is 0.786 bits per heavy atom. The van der Waals surface area contributed by atoms with E-state index in [0.717, 1.165) is 16.7 Å². The first-order chi connectivity index (χ1) is 33.6. The standard InChI is InChI=1S/C54H61N3O11S2/c1-39(2)48-35-54(26-30-57(31-27-54)70(63,64)45-24-28-56(29-25-45)53(60)66-37-41-16-9-5-10-17-41)50(33-40-14-7-4-8-15-40)68-52(48)47-34-46(22-23-49(47)65-38-51(58)59)69(61,62)55(3)36-42-18-13-21-44(32-42)67-43-19-11-6-12-20-43/h4-23,32,34,45,48,50,52H,1,24-31,33,35-38H2,2-3H3,(H,58,59)/t48-,50+,52-/m0/s1.